The van der Waals surface area contributed by atoms with E-state index < -0.39 is 0 Å². The van der Waals surface area contributed by atoms with Crippen LogP contribution in [0, 0.1) is 0 Å². The number of esters is 1. The molecule has 0 aliphatic heterocycles. The van der Waals surface area contributed by atoms with Gasteiger partial charge in [-0.15, -0.1) is 0 Å². The summed E-state index contributed by atoms with van der Waals surface area (Å²) in [6.07, 6.45) is 0. The molecule has 1 rings (SSSR count). The molecule has 16 heavy (non-hydrogen) atoms. The van der Waals surface area contributed by atoms with Crippen LogP contribution in [-0.4, -0.2) is 19.2 Å². The molecule has 0 unspecified atom stereocenters. The number of carbonyl (C=O) groups excluding carboxylic acids is 1. The Kier molecular flexibility index (Phi) is 4.58. The fourth-order valence-corrected chi connectivity index (χ4v) is 1.13. The lowest BCUT2D eigenvalue weighted by Gasteiger charge is -2.07. The molecular weight excluding hydrogens is 204 g/mol. The highest BCUT2D eigenvalue weighted by Gasteiger charge is 2.06. The number of ether oxygens (including phenoxy) is 2. The zero-order valence-corrected chi connectivity index (χ0v) is 9.66. The maximum atomic E-state index is 11.4. The third-order valence-electron chi connectivity index (χ3n) is 1.83. The van der Waals surface area contributed by atoms with Crippen molar-refractivity contribution < 1.29 is 14.3 Å². The van der Waals surface area contributed by atoms with E-state index in [2.05, 4.69) is 6.58 Å². The molecule has 0 fully saturated rings. The van der Waals surface area contributed by atoms with Gasteiger partial charge in [0, 0.05) is 0 Å². The van der Waals surface area contributed by atoms with Crippen molar-refractivity contribution in [3.63, 3.8) is 0 Å². The molecule has 0 saturated carbocycles. The molecular formula is C13H16O3. The van der Waals surface area contributed by atoms with E-state index in [-0.39, 0.29) is 5.97 Å². The molecule has 0 saturated heterocycles. The number of carbonyl (C=O) groups is 1. The van der Waals surface area contributed by atoms with Crippen LogP contribution in [0.5, 0.6) is 5.75 Å². The van der Waals surface area contributed by atoms with Crippen LogP contribution in [0.4, 0.5) is 0 Å². The second-order valence-electron chi connectivity index (χ2n) is 3.49. The lowest BCUT2D eigenvalue weighted by molar-refractivity contribution is 0.0526. The SMILES string of the molecule is C=C(C)COc1cccc(C(=O)OCC)c1. The molecule has 0 bridgehead atoms. The van der Waals surface area contributed by atoms with Gasteiger partial charge in [-0.05, 0) is 37.6 Å². The first-order valence-corrected chi connectivity index (χ1v) is 5.18. The van der Waals surface area contributed by atoms with E-state index in [0.717, 1.165) is 5.57 Å². The Labute approximate surface area is 95.7 Å². The molecule has 0 N–H and O–H groups in total. The third kappa shape index (κ3) is 3.77. The van der Waals surface area contributed by atoms with Gasteiger partial charge in [-0.25, -0.2) is 4.79 Å². The molecule has 0 aliphatic rings. The van der Waals surface area contributed by atoms with E-state index in [4.69, 9.17) is 9.47 Å². The van der Waals surface area contributed by atoms with Crippen LogP contribution in [0.2, 0.25) is 0 Å². The molecule has 1 aromatic carbocycles. The lowest BCUT2D eigenvalue weighted by atomic mass is 10.2. The molecule has 3 heteroatoms. The highest BCUT2D eigenvalue weighted by molar-refractivity contribution is 5.89. The van der Waals surface area contributed by atoms with Crippen LogP contribution < -0.4 is 4.74 Å². The van der Waals surface area contributed by atoms with Crippen molar-refractivity contribution >= 4 is 5.97 Å². The Morgan fingerprint density at radius 2 is 2.19 bits per heavy atom. The van der Waals surface area contributed by atoms with Crippen LogP contribution in [-0.2, 0) is 4.74 Å². The summed E-state index contributed by atoms with van der Waals surface area (Å²) in [5.74, 6) is 0.317. The molecule has 0 heterocycles. The first kappa shape index (κ1) is 12.3. The second-order valence-corrected chi connectivity index (χ2v) is 3.49. The summed E-state index contributed by atoms with van der Waals surface area (Å²) in [7, 11) is 0. The van der Waals surface area contributed by atoms with E-state index in [1.807, 2.05) is 6.92 Å². The second kappa shape index (κ2) is 5.95. The summed E-state index contributed by atoms with van der Waals surface area (Å²) >= 11 is 0. The Bertz CT molecular complexity index is 383. The maximum Gasteiger partial charge on any atom is 0.338 e. The molecule has 0 spiro atoms. The van der Waals surface area contributed by atoms with Gasteiger partial charge in [-0.3, -0.25) is 0 Å². The van der Waals surface area contributed by atoms with Crippen LogP contribution in [0.25, 0.3) is 0 Å². The van der Waals surface area contributed by atoms with Crippen molar-refractivity contribution in [2.45, 2.75) is 13.8 Å². The van der Waals surface area contributed by atoms with Crippen LogP contribution in [0.3, 0.4) is 0 Å². The first-order valence-electron chi connectivity index (χ1n) is 5.18. The fourth-order valence-electron chi connectivity index (χ4n) is 1.13. The standard InChI is InChI=1S/C13H16O3/c1-4-15-13(14)11-6-5-7-12(8-11)16-9-10(2)3/h5-8H,2,4,9H2,1,3H3. The quantitative estimate of drug-likeness (QED) is 0.565. The van der Waals surface area contributed by atoms with Crippen molar-refractivity contribution in [3.8, 4) is 5.75 Å². The van der Waals surface area contributed by atoms with Gasteiger partial charge in [0.15, 0.2) is 0 Å². The van der Waals surface area contributed by atoms with Crippen LogP contribution in [0.1, 0.15) is 24.2 Å². The van der Waals surface area contributed by atoms with Gasteiger partial charge in [-0.1, -0.05) is 12.6 Å². The van der Waals surface area contributed by atoms with Gasteiger partial charge < -0.3 is 9.47 Å². The minimum atomic E-state index is -0.330. The van der Waals surface area contributed by atoms with Gasteiger partial charge >= 0.3 is 5.97 Å². The molecule has 0 amide bonds. The average molecular weight is 220 g/mol. The van der Waals surface area contributed by atoms with Gasteiger partial charge in [0.25, 0.3) is 0 Å². The highest BCUT2D eigenvalue weighted by Crippen LogP contribution is 2.14. The van der Waals surface area contributed by atoms with Crippen LogP contribution >= 0.6 is 0 Å². The maximum absolute atomic E-state index is 11.4. The molecule has 86 valence electrons. The van der Waals surface area contributed by atoms with Gasteiger partial charge in [-0.2, -0.15) is 0 Å². The molecule has 0 atom stereocenters. The normalized spacial score (nSPS) is 9.62. The zero-order valence-electron chi connectivity index (χ0n) is 9.66. The Balaban J connectivity index is 2.70. The summed E-state index contributed by atoms with van der Waals surface area (Å²) in [6, 6.07) is 6.93. The van der Waals surface area contributed by atoms with Gasteiger partial charge in [0.1, 0.15) is 12.4 Å². The number of rotatable bonds is 5. The Hall–Kier alpha value is -1.77. The molecule has 0 aliphatic carbocycles. The zero-order chi connectivity index (χ0) is 12.0. The molecule has 3 nitrogen and oxygen atoms in total. The third-order valence-corrected chi connectivity index (χ3v) is 1.83. The molecule has 1 aromatic rings. The Morgan fingerprint density at radius 1 is 1.44 bits per heavy atom. The highest BCUT2D eigenvalue weighted by atomic mass is 16.5. The van der Waals surface area contributed by atoms with E-state index in [1.54, 1.807) is 31.2 Å². The van der Waals surface area contributed by atoms with Gasteiger partial charge in [0.05, 0.1) is 12.2 Å². The van der Waals surface area contributed by atoms with Crippen molar-refractivity contribution in [2.24, 2.45) is 0 Å². The van der Waals surface area contributed by atoms with E-state index in [1.165, 1.54) is 0 Å². The smallest absolute Gasteiger partial charge is 0.338 e. The number of hydrogen-bond acceptors (Lipinski definition) is 3. The number of benzene rings is 1. The summed E-state index contributed by atoms with van der Waals surface area (Å²) in [5.41, 5.74) is 1.43. The van der Waals surface area contributed by atoms with Crippen molar-refractivity contribution in [1.82, 2.24) is 0 Å². The van der Waals surface area contributed by atoms with Crippen molar-refractivity contribution in [3.05, 3.63) is 42.0 Å². The minimum absolute atomic E-state index is 0.330. The van der Waals surface area contributed by atoms with E-state index >= 15 is 0 Å². The van der Waals surface area contributed by atoms with E-state index in [9.17, 15) is 4.79 Å². The van der Waals surface area contributed by atoms with Crippen molar-refractivity contribution in [2.75, 3.05) is 13.2 Å². The van der Waals surface area contributed by atoms with Crippen molar-refractivity contribution in [1.29, 1.82) is 0 Å². The predicted molar refractivity (Wildman–Crippen MR) is 62.7 cm³/mol. The van der Waals surface area contributed by atoms with Crippen LogP contribution in [0.15, 0.2) is 36.4 Å². The lowest BCUT2D eigenvalue weighted by Crippen LogP contribution is -2.05. The fraction of sp³-hybridized carbons (Fsp3) is 0.308. The monoisotopic (exact) mass is 220 g/mol. The summed E-state index contributed by atoms with van der Waals surface area (Å²) in [5, 5.41) is 0. The predicted octanol–water partition coefficient (Wildman–Crippen LogP) is 2.82. The summed E-state index contributed by atoms with van der Waals surface area (Å²) in [6.45, 7) is 8.22. The topological polar surface area (TPSA) is 35.5 Å². The minimum Gasteiger partial charge on any atom is -0.489 e. The average Bonchev–Trinajstić information content (AvgIpc) is 2.27. The summed E-state index contributed by atoms with van der Waals surface area (Å²) < 4.78 is 10.3. The first-order chi connectivity index (χ1) is 7.63. The Morgan fingerprint density at radius 3 is 2.81 bits per heavy atom. The van der Waals surface area contributed by atoms with E-state index in [0.29, 0.717) is 24.5 Å². The molecule has 0 aromatic heterocycles. The molecule has 0 radical (unpaired) electrons. The largest absolute Gasteiger partial charge is 0.489 e. The van der Waals surface area contributed by atoms with Gasteiger partial charge in [0.2, 0.25) is 0 Å². The number of hydrogen-bond donors (Lipinski definition) is 0. The summed E-state index contributed by atoms with van der Waals surface area (Å²) in [4.78, 5) is 11.4.